The lowest BCUT2D eigenvalue weighted by atomic mass is 10.2. The molecule has 1 N–H and O–H groups in total. The third-order valence-corrected chi connectivity index (χ3v) is 2.63. The van der Waals surface area contributed by atoms with Gasteiger partial charge >= 0.3 is 0 Å². The van der Waals surface area contributed by atoms with Gasteiger partial charge in [0.2, 0.25) is 0 Å². The molecule has 1 atom stereocenters. The molecule has 0 amide bonds. The van der Waals surface area contributed by atoms with Crippen LogP contribution in [0.15, 0.2) is 12.7 Å². The van der Waals surface area contributed by atoms with Crippen LogP contribution in [0.25, 0.3) is 0 Å². The van der Waals surface area contributed by atoms with E-state index in [1.165, 1.54) is 19.3 Å². The standard InChI is InChI=1S/C11H21NO/c1-2-3-4-5-6-8-12-9-7-11(13)10-12/h2,11,13H,1,3-10H2. The minimum Gasteiger partial charge on any atom is -0.392 e. The lowest BCUT2D eigenvalue weighted by molar-refractivity contribution is 0.175. The predicted octanol–water partition coefficient (Wildman–Crippen LogP) is 1.80. The summed E-state index contributed by atoms with van der Waals surface area (Å²) in [6, 6.07) is 0. The van der Waals surface area contributed by atoms with Crippen LogP contribution >= 0.6 is 0 Å². The summed E-state index contributed by atoms with van der Waals surface area (Å²) in [5.74, 6) is 0. The molecule has 13 heavy (non-hydrogen) atoms. The average Bonchev–Trinajstić information content (AvgIpc) is 2.51. The van der Waals surface area contributed by atoms with Gasteiger partial charge < -0.3 is 10.0 Å². The fraction of sp³-hybridized carbons (Fsp3) is 0.818. The molecule has 1 aliphatic rings. The van der Waals surface area contributed by atoms with Gasteiger partial charge in [-0.25, -0.2) is 0 Å². The number of aliphatic hydroxyl groups is 1. The van der Waals surface area contributed by atoms with Crippen molar-refractivity contribution < 1.29 is 5.11 Å². The number of rotatable bonds is 6. The average molecular weight is 183 g/mol. The summed E-state index contributed by atoms with van der Waals surface area (Å²) in [4.78, 5) is 2.36. The molecule has 0 radical (unpaired) electrons. The first-order valence-corrected chi connectivity index (χ1v) is 5.34. The quantitative estimate of drug-likeness (QED) is 0.501. The summed E-state index contributed by atoms with van der Waals surface area (Å²) in [5, 5.41) is 9.29. The molecule has 2 nitrogen and oxygen atoms in total. The van der Waals surface area contributed by atoms with Crippen molar-refractivity contribution in [2.45, 2.75) is 38.2 Å². The first-order chi connectivity index (χ1) is 6.33. The molecule has 1 fully saturated rings. The number of nitrogens with zero attached hydrogens (tertiary/aromatic N) is 1. The van der Waals surface area contributed by atoms with E-state index in [4.69, 9.17) is 0 Å². The molecule has 0 aliphatic carbocycles. The lowest BCUT2D eigenvalue weighted by Crippen LogP contribution is -2.23. The molecular weight excluding hydrogens is 162 g/mol. The van der Waals surface area contributed by atoms with Gasteiger partial charge in [0.05, 0.1) is 6.10 Å². The second kappa shape index (κ2) is 6.17. The SMILES string of the molecule is C=CCCCCCN1CCC(O)C1. The topological polar surface area (TPSA) is 23.5 Å². The number of aliphatic hydroxyl groups excluding tert-OH is 1. The summed E-state index contributed by atoms with van der Waals surface area (Å²) < 4.78 is 0. The third-order valence-electron chi connectivity index (χ3n) is 2.63. The van der Waals surface area contributed by atoms with Crippen LogP contribution in [0.2, 0.25) is 0 Å². The van der Waals surface area contributed by atoms with Crippen LogP contribution in [0.3, 0.4) is 0 Å². The smallest absolute Gasteiger partial charge is 0.0679 e. The molecule has 1 rings (SSSR count). The number of likely N-dealkylation sites (tertiary alicyclic amines) is 1. The third kappa shape index (κ3) is 4.44. The Bertz CT molecular complexity index is 147. The molecule has 0 aromatic rings. The van der Waals surface area contributed by atoms with Gasteiger partial charge in [-0.1, -0.05) is 12.5 Å². The van der Waals surface area contributed by atoms with Crippen LogP contribution in [0.1, 0.15) is 32.1 Å². The molecule has 1 aliphatic heterocycles. The van der Waals surface area contributed by atoms with E-state index in [9.17, 15) is 5.11 Å². The molecule has 0 spiro atoms. The van der Waals surface area contributed by atoms with Crippen molar-refractivity contribution in [1.82, 2.24) is 4.90 Å². The Balaban J connectivity index is 1.91. The van der Waals surface area contributed by atoms with Gasteiger partial charge in [-0.15, -0.1) is 6.58 Å². The zero-order chi connectivity index (χ0) is 9.52. The summed E-state index contributed by atoms with van der Waals surface area (Å²) in [5.41, 5.74) is 0. The van der Waals surface area contributed by atoms with E-state index in [0.29, 0.717) is 0 Å². The lowest BCUT2D eigenvalue weighted by Gasteiger charge is -2.13. The van der Waals surface area contributed by atoms with E-state index in [2.05, 4.69) is 11.5 Å². The first kappa shape index (κ1) is 10.7. The number of β-amino-alcohol motifs (C(OH)–C–C–N with tert-alkyl or cyclic N) is 1. The van der Waals surface area contributed by atoms with Crippen LogP contribution in [-0.4, -0.2) is 35.7 Å². The van der Waals surface area contributed by atoms with E-state index in [-0.39, 0.29) is 6.10 Å². The summed E-state index contributed by atoms with van der Waals surface area (Å²) >= 11 is 0. The maximum atomic E-state index is 9.29. The zero-order valence-electron chi connectivity index (χ0n) is 8.41. The van der Waals surface area contributed by atoms with Crippen molar-refractivity contribution in [1.29, 1.82) is 0 Å². The second-order valence-electron chi connectivity index (χ2n) is 3.88. The van der Waals surface area contributed by atoms with Crippen LogP contribution in [0.5, 0.6) is 0 Å². The Morgan fingerprint density at radius 3 is 2.85 bits per heavy atom. The Labute approximate surface area is 81.2 Å². The highest BCUT2D eigenvalue weighted by atomic mass is 16.3. The van der Waals surface area contributed by atoms with Crippen LogP contribution in [0.4, 0.5) is 0 Å². The zero-order valence-corrected chi connectivity index (χ0v) is 8.41. The van der Waals surface area contributed by atoms with E-state index >= 15 is 0 Å². The van der Waals surface area contributed by atoms with Crippen LogP contribution in [0, 0.1) is 0 Å². The summed E-state index contributed by atoms with van der Waals surface area (Å²) in [6.45, 7) is 6.84. The van der Waals surface area contributed by atoms with E-state index < -0.39 is 0 Å². The fourth-order valence-electron chi connectivity index (χ4n) is 1.82. The molecule has 0 bridgehead atoms. The molecule has 0 aromatic carbocycles. The molecule has 1 unspecified atom stereocenters. The van der Waals surface area contributed by atoms with Gasteiger partial charge in [0.15, 0.2) is 0 Å². The van der Waals surface area contributed by atoms with Gasteiger partial charge in [-0.2, -0.15) is 0 Å². The maximum absolute atomic E-state index is 9.29. The number of hydrogen-bond donors (Lipinski definition) is 1. The normalized spacial score (nSPS) is 23.6. The molecule has 2 heteroatoms. The molecule has 1 saturated heterocycles. The Morgan fingerprint density at radius 1 is 1.38 bits per heavy atom. The van der Waals surface area contributed by atoms with Crippen LogP contribution < -0.4 is 0 Å². The van der Waals surface area contributed by atoms with Crippen molar-refractivity contribution in [3.05, 3.63) is 12.7 Å². The molecule has 0 aromatic heterocycles. The van der Waals surface area contributed by atoms with Gasteiger partial charge in [-0.05, 0) is 32.2 Å². The van der Waals surface area contributed by atoms with Gasteiger partial charge in [0.25, 0.3) is 0 Å². The number of allylic oxidation sites excluding steroid dienone is 1. The number of unbranched alkanes of at least 4 members (excludes halogenated alkanes) is 3. The van der Waals surface area contributed by atoms with Crippen molar-refractivity contribution >= 4 is 0 Å². The van der Waals surface area contributed by atoms with Crippen molar-refractivity contribution in [3.63, 3.8) is 0 Å². The molecule has 76 valence electrons. The minimum absolute atomic E-state index is 0.0619. The largest absolute Gasteiger partial charge is 0.392 e. The molecular formula is C11H21NO. The van der Waals surface area contributed by atoms with Gasteiger partial charge in [0.1, 0.15) is 0 Å². The van der Waals surface area contributed by atoms with Crippen molar-refractivity contribution in [3.8, 4) is 0 Å². The van der Waals surface area contributed by atoms with Crippen molar-refractivity contribution in [2.75, 3.05) is 19.6 Å². The second-order valence-corrected chi connectivity index (χ2v) is 3.88. The van der Waals surface area contributed by atoms with Gasteiger partial charge in [0, 0.05) is 13.1 Å². The Hall–Kier alpha value is -0.340. The molecule has 1 heterocycles. The minimum atomic E-state index is -0.0619. The predicted molar refractivity (Wildman–Crippen MR) is 55.7 cm³/mol. The highest BCUT2D eigenvalue weighted by Gasteiger charge is 2.18. The number of hydrogen-bond acceptors (Lipinski definition) is 2. The Morgan fingerprint density at radius 2 is 2.23 bits per heavy atom. The first-order valence-electron chi connectivity index (χ1n) is 5.34. The van der Waals surface area contributed by atoms with E-state index in [1.807, 2.05) is 6.08 Å². The summed E-state index contributed by atoms with van der Waals surface area (Å²) in [7, 11) is 0. The molecule has 0 saturated carbocycles. The Kier molecular flexibility index (Phi) is 5.09. The highest BCUT2D eigenvalue weighted by molar-refractivity contribution is 4.74. The van der Waals surface area contributed by atoms with E-state index in [0.717, 1.165) is 32.5 Å². The summed E-state index contributed by atoms with van der Waals surface area (Å²) in [6.07, 6.45) is 7.85. The monoisotopic (exact) mass is 183 g/mol. The van der Waals surface area contributed by atoms with Crippen LogP contribution in [-0.2, 0) is 0 Å². The maximum Gasteiger partial charge on any atom is 0.0679 e. The van der Waals surface area contributed by atoms with E-state index in [1.54, 1.807) is 0 Å². The van der Waals surface area contributed by atoms with Gasteiger partial charge in [-0.3, -0.25) is 0 Å². The fourth-order valence-corrected chi connectivity index (χ4v) is 1.82. The van der Waals surface area contributed by atoms with Crippen molar-refractivity contribution in [2.24, 2.45) is 0 Å². The highest BCUT2D eigenvalue weighted by Crippen LogP contribution is 2.10.